The Morgan fingerprint density at radius 3 is 2.37 bits per heavy atom. The monoisotopic (exact) mass is 407 g/mol. The van der Waals surface area contributed by atoms with E-state index in [1.54, 1.807) is 0 Å². The first-order valence-electron chi connectivity index (χ1n) is 11.7. The Labute approximate surface area is 179 Å². The van der Waals surface area contributed by atoms with Gasteiger partial charge in [0.25, 0.3) is 0 Å². The Bertz CT molecular complexity index is 866. The minimum absolute atomic E-state index is 0.102. The highest BCUT2D eigenvalue weighted by Gasteiger charge is 2.53. The minimum Gasteiger partial charge on any atom is -0.353 e. The van der Waals surface area contributed by atoms with Crippen LogP contribution < -0.4 is 5.32 Å². The molecule has 0 aliphatic heterocycles. The largest absolute Gasteiger partial charge is 0.353 e. The Balaban J connectivity index is 1.15. The van der Waals surface area contributed by atoms with Gasteiger partial charge in [0.05, 0.1) is 0 Å². The zero-order valence-electron chi connectivity index (χ0n) is 18.2. The lowest BCUT2D eigenvalue weighted by Crippen LogP contribution is -2.55. The first kappa shape index (κ1) is 19.8. The van der Waals surface area contributed by atoms with Crippen molar-refractivity contribution in [2.75, 3.05) is 0 Å². The van der Waals surface area contributed by atoms with Crippen molar-refractivity contribution in [3.05, 3.63) is 35.7 Å². The van der Waals surface area contributed by atoms with Crippen LogP contribution in [-0.4, -0.2) is 22.1 Å². The lowest BCUT2D eigenvalue weighted by Gasteiger charge is -2.59. The molecule has 1 amide bonds. The fourth-order valence-corrected chi connectivity index (χ4v) is 6.76. The summed E-state index contributed by atoms with van der Waals surface area (Å²) in [6, 6.07) is 8.48. The molecule has 0 spiro atoms. The number of benzene rings is 1. The fraction of sp³-hybridized carbons (Fsp3) is 0.640. The summed E-state index contributed by atoms with van der Waals surface area (Å²) in [5.41, 5.74) is 2.57. The fourth-order valence-electron chi connectivity index (χ4n) is 6.76. The Morgan fingerprint density at radius 2 is 1.77 bits per heavy atom. The van der Waals surface area contributed by atoms with E-state index in [-0.39, 0.29) is 11.9 Å². The van der Waals surface area contributed by atoms with Crippen LogP contribution in [0.4, 0.5) is 0 Å². The summed E-state index contributed by atoms with van der Waals surface area (Å²) in [5, 5.41) is 7.42. The predicted octanol–water partition coefficient (Wildman–Crippen LogP) is 4.95. The third-order valence-electron chi connectivity index (χ3n) is 8.04. The Hall–Kier alpha value is -2.17. The van der Waals surface area contributed by atoms with Gasteiger partial charge in [-0.1, -0.05) is 36.3 Å². The molecule has 6 rings (SSSR count). The summed E-state index contributed by atoms with van der Waals surface area (Å²) in [6.45, 7) is 4.37. The highest BCUT2D eigenvalue weighted by Crippen LogP contribution is 2.61. The van der Waals surface area contributed by atoms with Crippen molar-refractivity contribution in [1.29, 1.82) is 0 Å². The summed E-state index contributed by atoms with van der Waals surface area (Å²) in [5.74, 6) is 3.93. The van der Waals surface area contributed by atoms with Crippen molar-refractivity contribution < 1.29 is 9.32 Å². The van der Waals surface area contributed by atoms with Crippen LogP contribution >= 0.6 is 0 Å². The number of hydrogen-bond donors (Lipinski definition) is 1. The third kappa shape index (κ3) is 3.79. The molecule has 30 heavy (non-hydrogen) atoms. The molecule has 4 bridgehead atoms. The zero-order chi connectivity index (χ0) is 20.7. The number of nitrogens with zero attached hydrogens (tertiary/aromatic N) is 2. The van der Waals surface area contributed by atoms with Gasteiger partial charge in [-0.3, -0.25) is 4.79 Å². The van der Waals surface area contributed by atoms with E-state index in [4.69, 9.17) is 4.52 Å². The number of aromatic nitrogens is 2. The summed E-state index contributed by atoms with van der Waals surface area (Å²) < 4.78 is 5.39. The molecule has 1 heterocycles. The smallest absolute Gasteiger partial charge is 0.227 e. The van der Waals surface area contributed by atoms with Gasteiger partial charge in [-0.2, -0.15) is 4.98 Å². The summed E-state index contributed by atoms with van der Waals surface area (Å²) in [7, 11) is 0. The molecule has 1 atom stereocenters. The highest BCUT2D eigenvalue weighted by atomic mass is 16.5. The molecular weight excluding hydrogens is 374 g/mol. The standard InChI is InChI=1S/C25H33N3O2/c1-3-17-4-6-21(7-5-17)24-27-23(30-28-24)9-8-22(29)26-16(2)25-13-18-10-19(14-25)12-20(11-18)15-25/h4-7,16,18-20H,3,8-15H2,1-2H3,(H,26,29). The molecule has 2 aromatic rings. The van der Waals surface area contributed by atoms with Crippen molar-refractivity contribution in [1.82, 2.24) is 15.5 Å². The topological polar surface area (TPSA) is 68.0 Å². The normalized spacial score (nSPS) is 30.4. The van der Waals surface area contributed by atoms with Crippen LogP contribution in [0.3, 0.4) is 0 Å². The minimum atomic E-state index is 0.102. The second-order valence-corrected chi connectivity index (χ2v) is 10.1. The van der Waals surface area contributed by atoms with Gasteiger partial charge in [0.1, 0.15) is 0 Å². The lowest BCUT2D eigenvalue weighted by molar-refractivity contribution is -0.125. The summed E-state index contributed by atoms with van der Waals surface area (Å²) in [6.07, 6.45) is 10.1. The predicted molar refractivity (Wildman–Crippen MR) is 116 cm³/mol. The molecule has 1 N–H and O–H groups in total. The molecular formula is C25H33N3O2. The van der Waals surface area contributed by atoms with Crippen molar-refractivity contribution in [3.63, 3.8) is 0 Å². The van der Waals surface area contributed by atoms with E-state index < -0.39 is 0 Å². The Kier molecular flexibility index (Phi) is 5.16. The number of carbonyl (C=O) groups is 1. The van der Waals surface area contributed by atoms with Crippen LogP contribution in [0.15, 0.2) is 28.8 Å². The van der Waals surface area contributed by atoms with E-state index in [9.17, 15) is 4.79 Å². The summed E-state index contributed by atoms with van der Waals surface area (Å²) >= 11 is 0. The van der Waals surface area contributed by atoms with Crippen molar-refractivity contribution in [2.24, 2.45) is 23.2 Å². The highest BCUT2D eigenvalue weighted by molar-refractivity contribution is 5.76. The number of nitrogens with one attached hydrogen (secondary N) is 1. The van der Waals surface area contributed by atoms with Gasteiger partial charge in [-0.15, -0.1) is 0 Å². The second kappa shape index (κ2) is 7.82. The van der Waals surface area contributed by atoms with Gasteiger partial charge in [0, 0.05) is 24.4 Å². The average molecular weight is 408 g/mol. The maximum absolute atomic E-state index is 12.7. The van der Waals surface area contributed by atoms with Gasteiger partial charge >= 0.3 is 0 Å². The quantitative estimate of drug-likeness (QED) is 0.705. The first-order chi connectivity index (χ1) is 14.5. The van der Waals surface area contributed by atoms with Crippen LogP contribution in [-0.2, 0) is 17.6 Å². The zero-order valence-corrected chi connectivity index (χ0v) is 18.2. The van der Waals surface area contributed by atoms with Crippen molar-refractivity contribution in [3.8, 4) is 11.4 Å². The van der Waals surface area contributed by atoms with Crippen molar-refractivity contribution in [2.45, 2.75) is 77.7 Å². The van der Waals surface area contributed by atoms with E-state index in [2.05, 4.69) is 41.4 Å². The molecule has 4 saturated carbocycles. The SMILES string of the molecule is CCc1ccc(-c2noc(CCC(=O)NC(C)C34CC5CC(CC(C5)C3)C4)n2)cc1. The lowest BCUT2D eigenvalue weighted by atomic mass is 9.48. The Morgan fingerprint density at radius 1 is 1.13 bits per heavy atom. The maximum Gasteiger partial charge on any atom is 0.227 e. The maximum atomic E-state index is 12.7. The molecule has 4 aliphatic carbocycles. The number of carbonyl (C=O) groups excluding carboxylic acids is 1. The van der Waals surface area contributed by atoms with Gasteiger partial charge < -0.3 is 9.84 Å². The van der Waals surface area contributed by atoms with Gasteiger partial charge in [-0.25, -0.2) is 0 Å². The third-order valence-corrected chi connectivity index (χ3v) is 8.04. The van der Waals surface area contributed by atoms with Gasteiger partial charge in [0.2, 0.25) is 17.6 Å². The van der Waals surface area contributed by atoms with E-state index in [0.29, 0.717) is 30.0 Å². The number of hydrogen-bond acceptors (Lipinski definition) is 4. The van der Waals surface area contributed by atoms with E-state index in [1.807, 2.05) is 12.1 Å². The molecule has 4 aliphatic rings. The molecule has 5 heteroatoms. The molecule has 1 unspecified atom stereocenters. The van der Waals surface area contributed by atoms with E-state index in [0.717, 1.165) is 29.7 Å². The van der Waals surface area contributed by atoms with E-state index >= 15 is 0 Å². The average Bonchev–Trinajstić information content (AvgIpc) is 3.20. The molecule has 160 valence electrons. The molecule has 4 fully saturated rings. The molecule has 0 saturated heterocycles. The van der Waals surface area contributed by atoms with Crippen LogP contribution in [0.5, 0.6) is 0 Å². The van der Waals surface area contributed by atoms with Crippen LogP contribution in [0.25, 0.3) is 11.4 Å². The summed E-state index contributed by atoms with van der Waals surface area (Å²) in [4.78, 5) is 17.2. The number of aryl methyl sites for hydroxylation is 2. The molecule has 1 aromatic heterocycles. The molecule has 5 nitrogen and oxygen atoms in total. The number of amides is 1. The molecule has 0 radical (unpaired) electrons. The van der Waals surface area contributed by atoms with Crippen LogP contribution in [0.2, 0.25) is 0 Å². The molecule has 1 aromatic carbocycles. The first-order valence-corrected chi connectivity index (χ1v) is 11.7. The van der Waals surface area contributed by atoms with Gasteiger partial charge in [0.15, 0.2) is 0 Å². The van der Waals surface area contributed by atoms with Gasteiger partial charge in [-0.05, 0) is 80.6 Å². The number of rotatable bonds is 7. The van der Waals surface area contributed by atoms with Crippen LogP contribution in [0, 0.1) is 23.2 Å². The van der Waals surface area contributed by atoms with E-state index in [1.165, 1.54) is 44.1 Å². The van der Waals surface area contributed by atoms with Crippen molar-refractivity contribution >= 4 is 5.91 Å². The second-order valence-electron chi connectivity index (χ2n) is 10.1. The van der Waals surface area contributed by atoms with Crippen LogP contribution in [0.1, 0.15) is 70.2 Å².